The molecule has 0 saturated carbocycles. The summed E-state index contributed by atoms with van der Waals surface area (Å²) in [5.41, 5.74) is 0.186. The fraction of sp³-hybridized carbons (Fsp3) is 0.500. The van der Waals surface area contributed by atoms with Crippen molar-refractivity contribution in [3.63, 3.8) is 0 Å². The minimum atomic E-state index is -4.01. The van der Waals surface area contributed by atoms with Crippen molar-refractivity contribution in [2.45, 2.75) is 55.7 Å². The Bertz CT molecular complexity index is 1320. The quantitative estimate of drug-likeness (QED) is 0.364. The highest BCUT2D eigenvalue weighted by Crippen LogP contribution is 2.22. The number of benzene rings is 2. The Hall–Kier alpha value is -3.00. The van der Waals surface area contributed by atoms with Crippen LogP contribution in [0.5, 0.6) is 0 Å². The van der Waals surface area contributed by atoms with E-state index in [-0.39, 0.29) is 55.4 Å². The van der Waals surface area contributed by atoms with Crippen molar-refractivity contribution in [2.24, 2.45) is 5.92 Å². The van der Waals surface area contributed by atoms with Crippen molar-refractivity contribution in [1.82, 2.24) is 19.8 Å². The van der Waals surface area contributed by atoms with Gasteiger partial charge in [-0.05, 0) is 54.8 Å². The first-order valence-electron chi connectivity index (χ1n) is 13.7. The lowest BCUT2D eigenvalue weighted by atomic mass is 9.94. The van der Waals surface area contributed by atoms with Gasteiger partial charge in [-0.2, -0.15) is 4.31 Å². The summed E-state index contributed by atoms with van der Waals surface area (Å²) < 4.78 is 68.8. The number of nitrogens with zero attached hydrogens (tertiary/aromatic N) is 2. The summed E-state index contributed by atoms with van der Waals surface area (Å²) >= 11 is 0. The molecule has 2 aliphatic rings. The first kappa shape index (κ1) is 30.9. The highest BCUT2D eigenvalue weighted by molar-refractivity contribution is 7.89. The number of rotatable bonds is 11. The lowest BCUT2D eigenvalue weighted by molar-refractivity contribution is -0.129. The molecular formula is C28H35F3N4O5S. The number of nitrogens with one attached hydrogen (secondary N) is 2. The van der Waals surface area contributed by atoms with Crippen LogP contribution in [0.1, 0.15) is 31.7 Å². The zero-order valence-corrected chi connectivity index (χ0v) is 23.5. The number of likely N-dealkylation sites (tertiary alicyclic amines) is 1. The number of hydrogen-bond acceptors (Lipinski definition) is 6. The van der Waals surface area contributed by atoms with Crippen LogP contribution in [0, 0.1) is 23.4 Å². The minimum Gasteiger partial charge on any atom is -0.389 e. The number of halogens is 3. The van der Waals surface area contributed by atoms with Crippen LogP contribution in [0.25, 0.3) is 0 Å². The Morgan fingerprint density at radius 2 is 1.78 bits per heavy atom. The van der Waals surface area contributed by atoms with E-state index >= 15 is 0 Å². The monoisotopic (exact) mass is 596 g/mol. The first-order chi connectivity index (χ1) is 19.5. The summed E-state index contributed by atoms with van der Waals surface area (Å²) in [6.07, 6.45) is 0.187. The molecule has 0 aromatic heterocycles. The summed E-state index contributed by atoms with van der Waals surface area (Å²) in [5.74, 6) is -3.50. The van der Waals surface area contributed by atoms with Crippen LogP contribution in [0.15, 0.2) is 47.4 Å². The van der Waals surface area contributed by atoms with Gasteiger partial charge in [0.15, 0.2) is 0 Å². The number of aliphatic hydroxyl groups excluding tert-OH is 1. The number of amides is 2. The molecule has 2 fully saturated rings. The highest BCUT2D eigenvalue weighted by atomic mass is 32.2. The van der Waals surface area contributed by atoms with Gasteiger partial charge in [0.25, 0.3) is 0 Å². The van der Waals surface area contributed by atoms with Crippen LogP contribution in [-0.2, 0) is 26.0 Å². The SMILES string of the molecule is CCCCN1CC(C(=O)NC(Cc2cc(F)cc(F)c2)[C@H](O)[C@H]2CN(S(=O)(=O)c3ccc(F)cc3)CCN2)CC1=O. The lowest BCUT2D eigenvalue weighted by Gasteiger charge is -2.38. The Morgan fingerprint density at radius 3 is 2.44 bits per heavy atom. The van der Waals surface area contributed by atoms with Gasteiger partial charge >= 0.3 is 0 Å². The topological polar surface area (TPSA) is 119 Å². The van der Waals surface area contributed by atoms with Crippen LogP contribution in [0.4, 0.5) is 13.2 Å². The van der Waals surface area contributed by atoms with Crippen LogP contribution in [-0.4, -0.2) is 85.5 Å². The van der Waals surface area contributed by atoms with E-state index in [9.17, 15) is 36.3 Å². The molecule has 9 nitrogen and oxygen atoms in total. The fourth-order valence-electron chi connectivity index (χ4n) is 5.29. The third-order valence-corrected chi connectivity index (χ3v) is 9.40. The van der Waals surface area contributed by atoms with Crippen LogP contribution >= 0.6 is 0 Å². The van der Waals surface area contributed by atoms with E-state index in [0.717, 1.165) is 53.5 Å². The number of unbranched alkanes of at least 4 members (excludes halogenated alkanes) is 1. The predicted molar refractivity (Wildman–Crippen MR) is 145 cm³/mol. The molecule has 0 radical (unpaired) electrons. The number of piperazine rings is 1. The van der Waals surface area contributed by atoms with Crippen molar-refractivity contribution >= 4 is 21.8 Å². The molecular weight excluding hydrogens is 561 g/mol. The van der Waals surface area contributed by atoms with Crippen molar-refractivity contribution in [3.05, 3.63) is 65.5 Å². The second kappa shape index (κ2) is 13.3. The predicted octanol–water partition coefficient (Wildman–Crippen LogP) is 1.80. The Kier molecular flexibility index (Phi) is 10.1. The molecule has 13 heteroatoms. The molecule has 0 bridgehead atoms. The van der Waals surface area contributed by atoms with Gasteiger partial charge in [0.05, 0.1) is 23.0 Å². The molecule has 0 spiro atoms. The van der Waals surface area contributed by atoms with E-state index in [1.54, 1.807) is 4.90 Å². The van der Waals surface area contributed by atoms with Gasteiger partial charge in [-0.15, -0.1) is 0 Å². The molecule has 0 aliphatic carbocycles. The first-order valence-corrected chi connectivity index (χ1v) is 15.1. The molecule has 224 valence electrons. The molecule has 4 atom stereocenters. The van der Waals surface area contributed by atoms with E-state index in [2.05, 4.69) is 10.6 Å². The molecule has 2 saturated heterocycles. The normalized spacial score (nSPS) is 21.6. The van der Waals surface area contributed by atoms with E-state index in [4.69, 9.17) is 0 Å². The second-order valence-electron chi connectivity index (χ2n) is 10.6. The van der Waals surface area contributed by atoms with Crippen LogP contribution < -0.4 is 10.6 Å². The van der Waals surface area contributed by atoms with E-state index < -0.39 is 57.5 Å². The van der Waals surface area contributed by atoms with Crippen molar-refractivity contribution < 1.29 is 36.3 Å². The Labute approximate surface area is 237 Å². The number of sulfonamides is 1. The molecule has 4 rings (SSSR count). The number of carbonyl (C=O) groups is 2. The smallest absolute Gasteiger partial charge is 0.243 e. The maximum Gasteiger partial charge on any atom is 0.243 e. The lowest BCUT2D eigenvalue weighted by Crippen LogP contribution is -2.62. The van der Waals surface area contributed by atoms with Crippen LogP contribution in [0.3, 0.4) is 0 Å². The average molecular weight is 597 g/mol. The van der Waals surface area contributed by atoms with Gasteiger partial charge in [0.2, 0.25) is 21.8 Å². The highest BCUT2D eigenvalue weighted by Gasteiger charge is 2.39. The standard InChI is InChI=1S/C28H35F3N4O5S/c1-2-3-9-34-16-19(14-26(34)36)28(38)33-24(13-18-11-21(30)15-22(31)12-18)27(37)25-17-35(10-8-32-25)41(39,40)23-6-4-20(29)5-7-23/h4-7,11-12,15,19,24-25,27,32,37H,2-3,8-10,13-14,16-17H2,1H3,(H,33,38)/t19?,24?,25-,27+/m1/s1. The molecule has 2 aliphatic heterocycles. The fourth-order valence-corrected chi connectivity index (χ4v) is 6.75. The van der Waals surface area contributed by atoms with Crippen LogP contribution in [0.2, 0.25) is 0 Å². The Balaban J connectivity index is 1.53. The van der Waals surface area contributed by atoms with E-state index in [0.29, 0.717) is 12.6 Å². The van der Waals surface area contributed by atoms with Gasteiger partial charge < -0.3 is 20.6 Å². The van der Waals surface area contributed by atoms with Crippen molar-refractivity contribution in [1.29, 1.82) is 0 Å². The molecule has 2 heterocycles. The van der Waals surface area contributed by atoms with E-state index in [1.165, 1.54) is 0 Å². The van der Waals surface area contributed by atoms with E-state index in [1.807, 2.05) is 6.92 Å². The number of carbonyl (C=O) groups excluding carboxylic acids is 2. The largest absolute Gasteiger partial charge is 0.389 e. The summed E-state index contributed by atoms with van der Waals surface area (Å²) in [6, 6.07) is 5.40. The third kappa shape index (κ3) is 7.64. The molecule has 41 heavy (non-hydrogen) atoms. The summed E-state index contributed by atoms with van der Waals surface area (Å²) in [4.78, 5) is 27.2. The Morgan fingerprint density at radius 1 is 1.10 bits per heavy atom. The van der Waals surface area contributed by atoms with Gasteiger partial charge in [-0.3, -0.25) is 9.59 Å². The molecule has 2 unspecified atom stereocenters. The molecule has 2 amide bonds. The maximum absolute atomic E-state index is 14.0. The van der Waals surface area contributed by atoms with Crippen molar-refractivity contribution in [3.8, 4) is 0 Å². The minimum absolute atomic E-state index is 0.0122. The zero-order chi connectivity index (χ0) is 29.7. The third-order valence-electron chi connectivity index (χ3n) is 7.52. The van der Waals surface area contributed by atoms with Gasteiger partial charge in [-0.25, -0.2) is 21.6 Å². The van der Waals surface area contributed by atoms with Gasteiger partial charge in [0.1, 0.15) is 17.5 Å². The average Bonchev–Trinajstić information content (AvgIpc) is 3.31. The van der Waals surface area contributed by atoms with Gasteiger partial charge in [-0.1, -0.05) is 13.3 Å². The summed E-state index contributed by atoms with van der Waals surface area (Å²) in [7, 11) is -4.01. The van der Waals surface area contributed by atoms with Crippen molar-refractivity contribution in [2.75, 3.05) is 32.7 Å². The number of aliphatic hydroxyl groups is 1. The zero-order valence-electron chi connectivity index (χ0n) is 22.7. The maximum atomic E-state index is 14.0. The molecule has 2 aromatic carbocycles. The number of hydrogen-bond donors (Lipinski definition) is 3. The summed E-state index contributed by atoms with van der Waals surface area (Å²) in [6.45, 7) is 2.87. The van der Waals surface area contributed by atoms with Gasteiger partial charge in [0, 0.05) is 51.3 Å². The molecule has 2 aromatic rings. The molecule has 3 N–H and O–H groups in total. The summed E-state index contributed by atoms with van der Waals surface area (Å²) in [5, 5.41) is 17.3. The second-order valence-corrected chi connectivity index (χ2v) is 12.5.